The van der Waals surface area contributed by atoms with E-state index >= 15 is 0 Å². The van der Waals surface area contributed by atoms with E-state index in [1.807, 2.05) is 0 Å². The van der Waals surface area contributed by atoms with E-state index in [0.29, 0.717) is 4.91 Å². The number of carboxylic acids is 1. The van der Waals surface area contributed by atoms with Crippen LogP contribution in [-0.4, -0.2) is 11.1 Å². The lowest BCUT2D eigenvalue weighted by Crippen LogP contribution is -1.95. The molecule has 3 heteroatoms. The number of rotatable bonds is 1. The van der Waals surface area contributed by atoms with Gasteiger partial charge in [-0.3, -0.25) is 0 Å². The van der Waals surface area contributed by atoms with Crippen molar-refractivity contribution in [3.8, 4) is 0 Å². The van der Waals surface area contributed by atoms with Crippen LogP contribution in [0.1, 0.15) is 6.92 Å². The van der Waals surface area contributed by atoms with Crippen LogP contribution in [0, 0.1) is 5.41 Å². The van der Waals surface area contributed by atoms with Gasteiger partial charge in [0.2, 0.25) is 4.91 Å². The van der Waals surface area contributed by atoms with E-state index in [2.05, 4.69) is 5.41 Å². The summed E-state index contributed by atoms with van der Waals surface area (Å²) < 4.78 is 0. The van der Waals surface area contributed by atoms with Crippen molar-refractivity contribution in [3.63, 3.8) is 0 Å². The Bertz CT molecular complexity index is 203. The minimum Gasteiger partial charge on any atom is -0.476 e. The fourth-order valence-corrected chi connectivity index (χ4v) is 1.20. The smallest absolute Gasteiger partial charge is 0.366 e. The molecule has 1 aliphatic rings. The lowest BCUT2D eigenvalue weighted by Gasteiger charge is -1.82. The number of carboxylic acid groups (broad SMARTS) is 1. The molecule has 0 atom stereocenters. The third-order valence-corrected chi connectivity index (χ3v) is 1.93. The van der Waals surface area contributed by atoms with Gasteiger partial charge in [0, 0.05) is 6.92 Å². The van der Waals surface area contributed by atoms with Crippen LogP contribution in [0.25, 0.3) is 0 Å². The Kier molecular flexibility index (Phi) is 1.56. The van der Waals surface area contributed by atoms with Gasteiger partial charge in [0.1, 0.15) is 22.7 Å². The van der Waals surface area contributed by atoms with Gasteiger partial charge in [-0.05, 0) is 0 Å². The highest BCUT2D eigenvalue weighted by molar-refractivity contribution is 8.05. The van der Waals surface area contributed by atoms with Crippen molar-refractivity contribution < 1.29 is 9.90 Å². The Hall–Kier alpha value is -0.790. The second-order valence-electron chi connectivity index (χ2n) is 1.68. The normalized spacial score (nSPS) is 16.1. The van der Waals surface area contributed by atoms with Crippen molar-refractivity contribution >= 4 is 17.7 Å². The van der Waals surface area contributed by atoms with E-state index in [9.17, 15) is 4.79 Å². The van der Waals surface area contributed by atoms with Gasteiger partial charge in [-0.1, -0.05) is 0 Å². The predicted octanol–water partition coefficient (Wildman–Crippen LogP) is 1.41. The van der Waals surface area contributed by atoms with Crippen LogP contribution in [0.15, 0.2) is 16.6 Å². The summed E-state index contributed by atoms with van der Waals surface area (Å²) in [5.41, 5.74) is 0.785. The minimum absolute atomic E-state index is 0.384. The molecule has 0 amide bonds. The highest BCUT2D eigenvalue weighted by Crippen LogP contribution is 2.27. The quantitative estimate of drug-likeness (QED) is 0.561. The van der Waals surface area contributed by atoms with Gasteiger partial charge in [0.05, 0.1) is 0 Å². The summed E-state index contributed by atoms with van der Waals surface area (Å²) in [6, 6.07) is 0. The van der Waals surface area contributed by atoms with Crippen LogP contribution < -0.4 is 0 Å². The first kappa shape index (κ1) is 6.33. The van der Waals surface area contributed by atoms with E-state index in [0.717, 1.165) is 17.3 Å². The Morgan fingerprint density at radius 1 is 1.89 bits per heavy atom. The molecule has 46 valence electrons. The summed E-state index contributed by atoms with van der Waals surface area (Å²) >= 11 is 1.13. The summed E-state index contributed by atoms with van der Waals surface area (Å²) in [7, 11) is 0. The average molecular weight is 141 g/mol. The number of hydrogen-bond acceptors (Lipinski definition) is 2. The van der Waals surface area contributed by atoms with Gasteiger partial charge in [-0.2, -0.15) is 0 Å². The van der Waals surface area contributed by atoms with Crippen LogP contribution in [-0.2, 0) is 4.79 Å². The zero-order valence-electron chi connectivity index (χ0n) is 4.84. The van der Waals surface area contributed by atoms with Crippen molar-refractivity contribution in [1.82, 2.24) is 0 Å². The lowest BCUT2D eigenvalue weighted by molar-refractivity contribution is -0.131. The van der Waals surface area contributed by atoms with Crippen molar-refractivity contribution in [3.05, 3.63) is 22.0 Å². The molecule has 0 aliphatic carbocycles. The Morgan fingerprint density at radius 2 is 2.56 bits per heavy atom. The molecule has 0 radical (unpaired) electrons. The fourth-order valence-electron chi connectivity index (χ4n) is 0.535. The predicted molar refractivity (Wildman–Crippen MR) is 35.7 cm³/mol. The number of hydrogen-bond donors (Lipinski definition) is 1. The molecule has 0 aromatic heterocycles. The SMILES string of the molecule is CC1=C(C(=O)O)S[C+]=C1. The van der Waals surface area contributed by atoms with E-state index < -0.39 is 5.97 Å². The van der Waals surface area contributed by atoms with Crippen molar-refractivity contribution in [2.45, 2.75) is 6.92 Å². The largest absolute Gasteiger partial charge is 0.476 e. The Morgan fingerprint density at radius 3 is 2.78 bits per heavy atom. The van der Waals surface area contributed by atoms with E-state index in [4.69, 9.17) is 5.11 Å². The number of thioether (sulfide) groups is 1. The van der Waals surface area contributed by atoms with E-state index in [1.54, 1.807) is 13.0 Å². The summed E-state index contributed by atoms with van der Waals surface area (Å²) in [6.07, 6.45) is 1.67. The molecular weight excluding hydrogens is 136 g/mol. The molecule has 2 nitrogen and oxygen atoms in total. The second kappa shape index (κ2) is 2.21. The molecule has 0 saturated heterocycles. The van der Waals surface area contributed by atoms with E-state index in [-0.39, 0.29) is 0 Å². The number of allylic oxidation sites excluding steroid dienone is 2. The molecule has 0 saturated carbocycles. The zero-order chi connectivity index (χ0) is 6.85. The summed E-state index contributed by atoms with van der Waals surface area (Å²) in [5.74, 6) is -0.862. The Labute approximate surface area is 57.3 Å². The molecule has 0 fully saturated rings. The maximum atomic E-state index is 10.3. The summed E-state index contributed by atoms with van der Waals surface area (Å²) in [5, 5.41) is 11.2. The molecule has 0 spiro atoms. The van der Waals surface area contributed by atoms with Crippen LogP contribution >= 0.6 is 11.8 Å². The monoisotopic (exact) mass is 141 g/mol. The molecule has 1 N–H and O–H groups in total. The lowest BCUT2D eigenvalue weighted by atomic mass is 10.3. The van der Waals surface area contributed by atoms with Crippen molar-refractivity contribution in [2.24, 2.45) is 0 Å². The second-order valence-corrected chi connectivity index (χ2v) is 2.53. The molecule has 0 bridgehead atoms. The first-order chi connectivity index (χ1) is 4.22. The van der Waals surface area contributed by atoms with Crippen LogP contribution in [0.2, 0.25) is 0 Å². The van der Waals surface area contributed by atoms with Gasteiger partial charge in [-0.15, -0.1) is 0 Å². The van der Waals surface area contributed by atoms with Gasteiger partial charge in [0.15, 0.2) is 6.08 Å². The molecule has 1 rings (SSSR count). The molecule has 1 heterocycles. The van der Waals surface area contributed by atoms with E-state index in [1.165, 1.54) is 0 Å². The van der Waals surface area contributed by atoms with Crippen molar-refractivity contribution in [2.75, 3.05) is 0 Å². The number of carbonyl (C=O) groups is 1. The van der Waals surface area contributed by atoms with Crippen LogP contribution in [0.5, 0.6) is 0 Å². The maximum Gasteiger partial charge on any atom is 0.366 e. The van der Waals surface area contributed by atoms with Crippen LogP contribution in [0.3, 0.4) is 0 Å². The molecule has 9 heavy (non-hydrogen) atoms. The minimum atomic E-state index is -0.862. The van der Waals surface area contributed by atoms with Gasteiger partial charge in [0.25, 0.3) is 0 Å². The topological polar surface area (TPSA) is 37.3 Å². The van der Waals surface area contributed by atoms with Crippen LogP contribution in [0.4, 0.5) is 0 Å². The molecule has 0 aromatic rings. The molecule has 0 aromatic carbocycles. The molecular formula is C6H5O2S+. The standard InChI is InChI=1S/C6H4O2S/c1-4-2-3-9-5(4)6(7)8/h2H,1H3/p+1. The highest BCUT2D eigenvalue weighted by Gasteiger charge is 2.24. The first-order valence-corrected chi connectivity index (χ1v) is 3.23. The number of aliphatic carboxylic acids is 1. The van der Waals surface area contributed by atoms with Gasteiger partial charge < -0.3 is 5.11 Å². The molecule has 0 unspecified atom stereocenters. The fraction of sp³-hybridized carbons (Fsp3) is 0.167. The third kappa shape index (κ3) is 1.12. The molecule has 1 aliphatic heterocycles. The van der Waals surface area contributed by atoms with Gasteiger partial charge in [-0.25, -0.2) is 4.79 Å². The summed E-state index contributed by atoms with van der Waals surface area (Å²) in [6.45, 7) is 1.76. The van der Waals surface area contributed by atoms with Crippen molar-refractivity contribution in [1.29, 1.82) is 0 Å². The van der Waals surface area contributed by atoms with Gasteiger partial charge >= 0.3 is 5.97 Å². The third-order valence-electron chi connectivity index (χ3n) is 0.989. The summed E-state index contributed by atoms with van der Waals surface area (Å²) in [4.78, 5) is 10.7. The Balaban J connectivity index is 2.85. The first-order valence-electron chi connectivity index (χ1n) is 2.41. The average Bonchev–Trinajstić information content (AvgIpc) is 2.13. The maximum absolute atomic E-state index is 10.3. The highest BCUT2D eigenvalue weighted by atomic mass is 32.2. The zero-order valence-corrected chi connectivity index (χ0v) is 5.66.